The van der Waals surface area contributed by atoms with Crippen LogP contribution in [-0.2, 0) is 16.2 Å². The second-order valence-electron chi connectivity index (χ2n) is 7.28. The summed E-state index contributed by atoms with van der Waals surface area (Å²) < 4.78 is 0. The van der Waals surface area contributed by atoms with Crippen molar-refractivity contribution in [2.45, 2.75) is 38.3 Å². The Labute approximate surface area is 164 Å². The molecule has 1 heterocycles. The molecule has 1 aliphatic carbocycles. The standard InChI is InChI=1S/C22H23ClN2O2/c23-20-12-5-4-11-19(20)21-13-18(27-24-21)15-25(22(26)17-9-6-10-17)14-16-7-2-1-3-8-16/h1-5,7-8,11-12,17-18H,6,9-10,13-15H2/t18-/m0/s1. The summed E-state index contributed by atoms with van der Waals surface area (Å²) in [6.07, 6.45) is 3.67. The molecule has 2 aromatic rings. The molecule has 0 saturated heterocycles. The van der Waals surface area contributed by atoms with Gasteiger partial charge in [-0.25, -0.2) is 0 Å². The van der Waals surface area contributed by atoms with Crippen molar-refractivity contribution in [3.05, 3.63) is 70.7 Å². The highest BCUT2D eigenvalue weighted by Crippen LogP contribution is 2.30. The minimum atomic E-state index is -0.135. The van der Waals surface area contributed by atoms with E-state index in [9.17, 15) is 4.79 Å². The van der Waals surface area contributed by atoms with Gasteiger partial charge in [0.15, 0.2) is 6.10 Å². The molecule has 4 nitrogen and oxygen atoms in total. The monoisotopic (exact) mass is 382 g/mol. The quantitative estimate of drug-likeness (QED) is 0.729. The maximum absolute atomic E-state index is 12.9. The molecule has 1 atom stereocenters. The van der Waals surface area contributed by atoms with Crippen molar-refractivity contribution in [2.75, 3.05) is 6.54 Å². The van der Waals surface area contributed by atoms with Crippen molar-refractivity contribution < 1.29 is 9.63 Å². The summed E-state index contributed by atoms with van der Waals surface area (Å²) in [5.74, 6) is 0.402. The summed E-state index contributed by atoms with van der Waals surface area (Å²) in [6.45, 7) is 1.15. The minimum absolute atomic E-state index is 0.135. The van der Waals surface area contributed by atoms with Crippen LogP contribution in [0.5, 0.6) is 0 Å². The number of carbonyl (C=O) groups is 1. The van der Waals surface area contributed by atoms with E-state index in [-0.39, 0.29) is 17.9 Å². The van der Waals surface area contributed by atoms with Gasteiger partial charge < -0.3 is 9.74 Å². The zero-order chi connectivity index (χ0) is 18.6. The van der Waals surface area contributed by atoms with Crippen LogP contribution in [0.25, 0.3) is 0 Å². The molecule has 0 aromatic heterocycles. The number of hydrogen-bond donors (Lipinski definition) is 0. The summed E-state index contributed by atoms with van der Waals surface area (Å²) >= 11 is 6.28. The molecular formula is C22H23ClN2O2. The summed E-state index contributed by atoms with van der Waals surface area (Å²) in [5, 5.41) is 4.91. The van der Waals surface area contributed by atoms with E-state index >= 15 is 0 Å². The van der Waals surface area contributed by atoms with Crippen LogP contribution in [0.2, 0.25) is 5.02 Å². The van der Waals surface area contributed by atoms with E-state index in [0.29, 0.717) is 24.5 Å². The van der Waals surface area contributed by atoms with E-state index in [1.54, 1.807) is 0 Å². The zero-order valence-corrected chi connectivity index (χ0v) is 15.9. The number of nitrogens with zero attached hydrogens (tertiary/aromatic N) is 2. The van der Waals surface area contributed by atoms with Gasteiger partial charge in [-0.1, -0.05) is 71.7 Å². The van der Waals surface area contributed by atoms with Crippen LogP contribution in [0.3, 0.4) is 0 Å². The van der Waals surface area contributed by atoms with Gasteiger partial charge in [-0.2, -0.15) is 0 Å². The lowest BCUT2D eigenvalue weighted by atomic mass is 9.84. The normalized spacial score (nSPS) is 19.1. The number of benzene rings is 2. The van der Waals surface area contributed by atoms with Crippen molar-refractivity contribution in [1.29, 1.82) is 0 Å². The number of amides is 1. The first kappa shape index (κ1) is 18.1. The Morgan fingerprint density at radius 1 is 1.11 bits per heavy atom. The van der Waals surface area contributed by atoms with Crippen LogP contribution < -0.4 is 0 Å². The van der Waals surface area contributed by atoms with Crippen molar-refractivity contribution in [3.8, 4) is 0 Å². The van der Waals surface area contributed by atoms with Gasteiger partial charge in [0.05, 0.1) is 12.3 Å². The van der Waals surface area contributed by atoms with E-state index in [1.165, 1.54) is 0 Å². The number of rotatable bonds is 6. The third-order valence-electron chi connectivity index (χ3n) is 5.32. The fraction of sp³-hybridized carbons (Fsp3) is 0.364. The average molecular weight is 383 g/mol. The van der Waals surface area contributed by atoms with Gasteiger partial charge in [0.25, 0.3) is 0 Å². The second kappa shape index (κ2) is 8.13. The van der Waals surface area contributed by atoms with E-state index in [1.807, 2.05) is 47.4 Å². The van der Waals surface area contributed by atoms with Gasteiger partial charge in [-0.3, -0.25) is 4.79 Å². The molecule has 4 rings (SSSR count). The summed E-state index contributed by atoms with van der Waals surface area (Å²) in [4.78, 5) is 20.5. The van der Waals surface area contributed by atoms with Crippen LogP contribution in [-0.4, -0.2) is 29.2 Å². The smallest absolute Gasteiger partial charge is 0.226 e. The Morgan fingerprint density at radius 2 is 1.85 bits per heavy atom. The summed E-state index contributed by atoms with van der Waals surface area (Å²) in [7, 11) is 0. The molecular weight excluding hydrogens is 360 g/mol. The molecule has 1 amide bonds. The molecule has 140 valence electrons. The lowest BCUT2D eigenvalue weighted by molar-refractivity contribution is -0.140. The fourth-order valence-electron chi connectivity index (χ4n) is 3.58. The van der Waals surface area contributed by atoms with Gasteiger partial charge in [-0.05, 0) is 24.5 Å². The molecule has 0 radical (unpaired) electrons. The second-order valence-corrected chi connectivity index (χ2v) is 7.69. The van der Waals surface area contributed by atoms with E-state index in [4.69, 9.17) is 16.4 Å². The number of halogens is 1. The minimum Gasteiger partial charge on any atom is -0.390 e. The lowest BCUT2D eigenvalue weighted by Gasteiger charge is -2.32. The van der Waals surface area contributed by atoms with Crippen molar-refractivity contribution in [3.63, 3.8) is 0 Å². The molecule has 0 spiro atoms. The highest BCUT2D eigenvalue weighted by molar-refractivity contribution is 6.34. The molecule has 1 saturated carbocycles. The zero-order valence-electron chi connectivity index (χ0n) is 15.2. The molecule has 2 aromatic carbocycles. The highest BCUT2D eigenvalue weighted by Gasteiger charge is 2.33. The molecule has 0 unspecified atom stereocenters. The van der Waals surface area contributed by atoms with Crippen molar-refractivity contribution >= 4 is 23.2 Å². The molecule has 5 heteroatoms. The SMILES string of the molecule is O=C(C1CCC1)N(Cc1ccccc1)C[C@@H]1CC(c2ccccc2Cl)=NO1. The van der Waals surface area contributed by atoms with E-state index in [2.05, 4.69) is 17.3 Å². The fourth-order valence-corrected chi connectivity index (χ4v) is 3.82. The van der Waals surface area contributed by atoms with Crippen LogP contribution >= 0.6 is 11.6 Å². The Bertz CT molecular complexity index is 833. The Balaban J connectivity index is 1.44. The van der Waals surface area contributed by atoms with Gasteiger partial charge in [0.2, 0.25) is 5.91 Å². The molecule has 1 fully saturated rings. The Morgan fingerprint density at radius 3 is 2.56 bits per heavy atom. The number of hydrogen-bond acceptors (Lipinski definition) is 3. The van der Waals surface area contributed by atoms with Crippen LogP contribution in [0.4, 0.5) is 0 Å². The van der Waals surface area contributed by atoms with Crippen LogP contribution in [0, 0.1) is 5.92 Å². The third-order valence-corrected chi connectivity index (χ3v) is 5.65. The highest BCUT2D eigenvalue weighted by atomic mass is 35.5. The van der Waals surface area contributed by atoms with E-state index in [0.717, 1.165) is 36.1 Å². The summed E-state index contributed by atoms with van der Waals surface area (Å²) in [6, 6.07) is 17.8. The molecule has 27 heavy (non-hydrogen) atoms. The van der Waals surface area contributed by atoms with Crippen LogP contribution in [0.15, 0.2) is 59.8 Å². The van der Waals surface area contributed by atoms with Crippen molar-refractivity contribution in [1.82, 2.24) is 4.90 Å². The lowest BCUT2D eigenvalue weighted by Crippen LogP contribution is -2.42. The maximum atomic E-state index is 12.9. The number of carbonyl (C=O) groups excluding carboxylic acids is 1. The predicted molar refractivity (Wildman–Crippen MR) is 107 cm³/mol. The van der Waals surface area contributed by atoms with Crippen LogP contribution in [0.1, 0.15) is 36.8 Å². The average Bonchev–Trinajstić information content (AvgIpc) is 3.09. The number of oxime groups is 1. The topological polar surface area (TPSA) is 41.9 Å². The maximum Gasteiger partial charge on any atom is 0.226 e. The Kier molecular flexibility index (Phi) is 5.44. The van der Waals surface area contributed by atoms with E-state index < -0.39 is 0 Å². The first-order chi connectivity index (χ1) is 13.2. The molecule has 0 bridgehead atoms. The molecule has 2 aliphatic rings. The predicted octanol–water partition coefficient (Wildman–Crippen LogP) is 4.66. The van der Waals surface area contributed by atoms with Gasteiger partial charge in [-0.15, -0.1) is 0 Å². The molecule has 1 aliphatic heterocycles. The van der Waals surface area contributed by atoms with Gasteiger partial charge >= 0.3 is 0 Å². The first-order valence-electron chi connectivity index (χ1n) is 9.51. The summed E-state index contributed by atoms with van der Waals surface area (Å²) in [5.41, 5.74) is 2.89. The Hall–Kier alpha value is -2.33. The first-order valence-corrected chi connectivity index (χ1v) is 9.89. The third kappa shape index (κ3) is 4.16. The molecule has 0 N–H and O–H groups in total. The van der Waals surface area contributed by atoms with Gasteiger partial charge in [0.1, 0.15) is 0 Å². The van der Waals surface area contributed by atoms with Gasteiger partial charge in [0, 0.05) is 29.5 Å². The van der Waals surface area contributed by atoms with Crippen molar-refractivity contribution in [2.24, 2.45) is 11.1 Å². The largest absolute Gasteiger partial charge is 0.390 e.